The van der Waals surface area contributed by atoms with E-state index < -0.39 is 0 Å². The Hall–Kier alpha value is -1.56. The Balaban J connectivity index is 2.23. The number of hydrogen-bond donors (Lipinski definition) is 2. The van der Waals surface area contributed by atoms with Crippen molar-refractivity contribution in [2.45, 2.75) is 25.9 Å². The summed E-state index contributed by atoms with van der Waals surface area (Å²) in [6, 6.07) is 2.95. The summed E-state index contributed by atoms with van der Waals surface area (Å²) in [4.78, 5) is 13.1. The number of likely N-dealkylation sites (N-methyl/N-ethyl adjacent to an activating group) is 1. The third kappa shape index (κ3) is 2.48. The summed E-state index contributed by atoms with van der Waals surface area (Å²) in [6.45, 7) is 6.37. The van der Waals surface area contributed by atoms with Crippen LogP contribution in [-0.4, -0.2) is 54.1 Å². The van der Waals surface area contributed by atoms with Gasteiger partial charge in [-0.1, -0.05) is 0 Å². The number of hydrogen-bond acceptors (Lipinski definition) is 6. The minimum Gasteiger partial charge on any atom is -0.373 e. The second-order valence-corrected chi connectivity index (χ2v) is 4.99. The molecule has 2 rings (SSSR count). The molecule has 1 aliphatic rings. The van der Waals surface area contributed by atoms with Gasteiger partial charge >= 0.3 is 0 Å². The summed E-state index contributed by atoms with van der Waals surface area (Å²) in [6.07, 6.45) is 0. The van der Waals surface area contributed by atoms with Crippen molar-refractivity contribution >= 4 is 17.6 Å². The van der Waals surface area contributed by atoms with Crippen molar-refractivity contribution in [3.63, 3.8) is 0 Å². The van der Waals surface area contributed by atoms with Gasteiger partial charge in [-0.15, -0.1) is 0 Å². The normalized spacial score (nSPS) is 25.2. The third-order valence-corrected chi connectivity index (χ3v) is 3.67. The maximum atomic E-state index is 5.74. The molecule has 0 amide bonds. The van der Waals surface area contributed by atoms with Gasteiger partial charge < -0.3 is 16.0 Å². The van der Waals surface area contributed by atoms with E-state index >= 15 is 0 Å². The summed E-state index contributed by atoms with van der Waals surface area (Å²) in [7, 11) is 4.00. The Kier molecular flexibility index (Phi) is 3.56. The van der Waals surface area contributed by atoms with Crippen molar-refractivity contribution in [2.75, 3.05) is 43.1 Å². The van der Waals surface area contributed by atoms with Crippen molar-refractivity contribution in [1.29, 1.82) is 0 Å². The first kappa shape index (κ1) is 12.9. The van der Waals surface area contributed by atoms with E-state index in [2.05, 4.69) is 46.0 Å². The van der Waals surface area contributed by atoms with E-state index in [9.17, 15) is 0 Å². The quantitative estimate of drug-likeness (QED) is 0.802. The van der Waals surface area contributed by atoms with E-state index in [1.165, 1.54) is 0 Å². The van der Waals surface area contributed by atoms with Crippen molar-refractivity contribution in [1.82, 2.24) is 14.9 Å². The average molecular weight is 250 g/mol. The molecule has 0 aromatic carbocycles. The highest BCUT2D eigenvalue weighted by Crippen LogP contribution is 2.22. The number of anilines is 3. The number of rotatable bonds is 2. The van der Waals surface area contributed by atoms with Crippen LogP contribution in [0.5, 0.6) is 0 Å². The number of nitrogens with one attached hydrogen (secondary N) is 1. The molecule has 2 heterocycles. The Morgan fingerprint density at radius 2 is 1.89 bits per heavy atom. The molecule has 0 bridgehead atoms. The molecule has 2 unspecified atom stereocenters. The van der Waals surface area contributed by atoms with Crippen molar-refractivity contribution in [3.05, 3.63) is 6.07 Å². The highest BCUT2D eigenvalue weighted by Gasteiger charge is 2.27. The lowest BCUT2D eigenvalue weighted by molar-refractivity contribution is 0.169. The first-order valence-electron chi connectivity index (χ1n) is 6.30. The fourth-order valence-electron chi connectivity index (χ4n) is 2.33. The summed E-state index contributed by atoms with van der Waals surface area (Å²) < 4.78 is 0. The zero-order chi connectivity index (χ0) is 13.3. The number of nitrogens with two attached hydrogens (primary N) is 1. The van der Waals surface area contributed by atoms with Gasteiger partial charge in [-0.3, -0.25) is 4.90 Å². The molecule has 0 aliphatic carbocycles. The largest absolute Gasteiger partial charge is 0.373 e. The number of aromatic nitrogens is 2. The lowest BCUT2D eigenvalue weighted by Crippen LogP contribution is -2.55. The van der Waals surface area contributed by atoms with Crippen LogP contribution < -0.4 is 16.0 Å². The first-order valence-corrected chi connectivity index (χ1v) is 6.30. The molecule has 2 atom stereocenters. The van der Waals surface area contributed by atoms with Crippen LogP contribution in [0.4, 0.5) is 17.6 Å². The van der Waals surface area contributed by atoms with E-state index in [1.54, 1.807) is 0 Å². The summed E-state index contributed by atoms with van der Waals surface area (Å²) >= 11 is 0. The summed E-state index contributed by atoms with van der Waals surface area (Å²) in [5.41, 5.74) is 5.74. The standard InChI is InChI=1S/C12H22N6/c1-8-6-18(7-9(2)17(8)4)11-5-10(14-3)15-12(13)16-11/h5,8-9H,6-7H2,1-4H3,(H3,13,14,15,16). The van der Waals surface area contributed by atoms with Crippen LogP contribution in [0.15, 0.2) is 6.07 Å². The number of nitrogen functional groups attached to an aromatic ring is 1. The van der Waals surface area contributed by atoms with Crippen LogP contribution in [0.1, 0.15) is 13.8 Å². The van der Waals surface area contributed by atoms with Gasteiger partial charge in [0.25, 0.3) is 0 Å². The van der Waals surface area contributed by atoms with Gasteiger partial charge in [-0.25, -0.2) is 0 Å². The highest BCUT2D eigenvalue weighted by molar-refractivity contribution is 5.52. The predicted molar refractivity (Wildman–Crippen MR) is 74.9 cm³/mol. The second-order valence-electron chi connectivity index (χ2n) is 4.99. The maximum absolute atomic E-state index is 5.74. The monoisotopic (exact) mass is 250 g/mol. The van der Waals surface area contributed by atoms with E-state index in [4.69, 9.17) is 5.73 Å². The molecule has 6 heteroatoms. The average Bonchev–Trinajstić information content (AvgIpc) is 2.34. The van der Waals surface area contributed by atoms with E-state index in [1.807, 2.05) is 13.1 Å². The Labute approximate surface area is 108 Å². The lowest BCUT2D eigenvalue weighted by atomic mass is 10.1. The minimum atomic E-state index is 0.316. The molecule has 100 valence electrons. The fraction of sp³-hybridized carbons (Fsp3) is 0.667. The highest BCUT2D eigenvalue weighted by atomic mass is 15.3. The molecular formula is C12H22N6. The van der Waals surface area contributed by atoms with Gasteiger partial charge in [0, 0.05) is 38.3 Å². The number of piperazine rings is 1. The molecule has 18 heavy (non-hydrogen) atoms. The fourth-order valence-corrected chi connectivity index (χ4v) is 2.33. The van der Waals surface area contributed by atoms with Crippen LogP contribution >= 0.6 is 0 Å². The zero-order valence-electron chi connectivity index (χ0n) is 11.5. The summed E-state index contributed by atoms with van der Waals surface area (Å²) in [5, 5.41) is 3.01. The van der Waals surface area contributed by atoms with Crippen LogP contribution in [-0.2, 0) is 0 Å². The smallest absolute Gasteiger partial charge is 0.223 e. The molecule has 6 nitrogen and oxygen atoms in total. The third-order valence-electron chi connectivity index (χ3n) is 3.67. The van der Waals surface area contributed by atoms with Gasteiger partial charge in [0.1, 0.15) is 11.6 Å². The topological polar surface area (TPSA) is 70.3 Å². The lowest BCUT2D eigenvalue weighted by Gasteiger charge is -2.43. The van der Waals surface area contributed by atoms with Gasteiger partial charge in [-0.05, 0) is 20.9 Å². The molecular weight excluding hydrogens is 228 g/mol. The molecule has 0 radical (unpaired) electrons. The van der Waals surface area contributed by atoms with E-state index in [0.29, 0.717) is 18.0 Å². The minimum absolute atomic E-state index is 0.316. The van der Waals surface area contributed by atoms with Gasteiger partial charge in [-0.2, -0.15) is 9.97 Å². The van der Waals surface area contributed by atoms with Crippen LogP contribution in [0.3, 0.4) is 0 Å². The molecule has 1 aromatic rings. The van der Waals surface area contributed by atoms with Crippen LogP contribution in [0.2, 0.25) is 0 Å². The predicted octanol–water partition coefficient (Wildman–Crippen LogP) is 0.629. The van der Waals surface area contributed by atoms with E-state index in [-0.39, 0.29) is 0 Å². The second kappa shape index (κ2) is 4.97. The molecule has 1 fully saturated rings. The van der Waals surface area contributed by atoms with Gasteiger partial charge in [0.15, 0.2) is 0 Å². The molecule has 1 aromatic heterocycles. The van der Waals surface area contributed by atoms with Crippen LogP contribution in [0.25, 0.3) is 0 Å². The zero-order valence-corrected chi connectivity index (χ0v) is 11.5. The van der Waals surface area contributed by atoms with Gasteiger partial charge in [0.2, 0.25) is 5.95 Å². The Morgan fingerprint density at radius 1 is 1.28 bits per heavy atom. The molecule has 3 N–H and O–H groups in total. The maximum Gasteiger partial charge on any atom is 0.223 e. The Morgan fingerprint density at radius 3 is 2.44 bits per heavy atom. The summed E-state index contributed by atoms with van der Waals surface area (Å²) in [5.74, 6) is 1.98. The van der Waals surface area contributed by atoms with Crippen LogP contribution in [0, 0.1) is 0 Å². The SMILES string of the molecule is CNc1cc(N2CC(C)N(C)C(C)C2)nc(N)n1. The molecule has 1 saturated heterocycles. The molecule has 0 saturated carbocycles. The van der Waals surface area contributed by atoms with Gasteiger partial charge in [0.05, 0.1) is 0 Å². The van der Waals surface area contributed by atoms with Crippen molar-refractivity contribution in [2.24, 2.45) is 0 Å². The molecule has 0 spiro atoms. The van der Waals surface area contributed by atoms with Crippen molar-refractivity contribution < 1.29 is 0 Å². The first-order chi connectivity index (χ1) is 8.51. The van der Waals surface area contributed by atoms with Crippen molar-refractivity contribution in [3.8, 4) is 0 Å². The number of nitrogens with zero attached hydrogens (tertiary/aromatic N) is 4. The van der Waals surface area contributed by atoms with E-state index in [0.717, 1.165) is 24.7 Å². The Bertz CT molecular complexity index is 409. The molecule has 1 aliphatic heterocycles.